The highest BCUT2D eigenvalue weighted by Crippen LogP contribution is 2.36. The van der Waals surface area contributed by atoms with Crippen LogP contribution < -0.4 is 4.74 Å². The third-order valence-electron chi connectivity index (χ3n) is 5.65. The molecule has 0 atom stereocenters. The summed E-state index contributed by atoms with van der Waals surface area (Å²) in [7, 11) is 0. The zero-order valence-corrected chi connectivity index (χ0v) is 21.2. The van der Waals surface area contributed by atoms with Gasteiger partial charge in [-0.25, -0.2) is 9.78 Å². The number of aromatic carboxylic acids is 1. The maximum absolute atomic E-state index is 11.3. The fourth-order valence-corrected chi connectivity index (χ4v) is 5.08. The highest BCUT2D eigenvalue weighted by atomic mass is 35.5. The number of aromatic nitrogens is 2. The summed E-state index contributed by atoms with van der Waals surface area (Å²) < 4.78 is 8.04. The average molecular weight is 518 g/mol. The molecule has 0 bridgehead atoms. The lowest BCUT2D eigenvalue weighted by Crippen LogP contribution is -2.06. The molecule has 34 heavy (non-hydrogen) atoms. The van der Waals surface area contributed by atoms with E-state index in [0.717, 1.165) is 28.8 Å². The van der Waals surface area contributed by atoms with Gasteiger partial charge >= 0.3 is 5.97 Å². The third kappa shape index (κ3) is 4.74. The Bertz CT molecular complexity index is 1390. The molecule has 1 heterocycles. The molecular weight excluding hydrogens is 495 g/mol. The first-order valence-corrected chi connectivity index (χ1v) is 11.9. The monoisotopic (exact) mass is 516 g/mol. The molecule has 8 heteroatoms. The number of ether oxygens (including phenoxy) is 1. The van der Waals surface area contributed by atoms with Crippen LogP contribution in [-0.2, 0) is 19.6 Å². The summed E-state index contributed by atoms with van der Waals surface area (Å²) in [4.78, 5) is 16.1. The van der Waals surface area contributed by atoms with Crippen molar-refractivity contribution in [2.24, 2.45) is 0 Å². The SMILES string of the molecule is CCc1nc2cc(C)cc(C)c2n1Cc1cc(Cl)c(OCc2cccc(C(=O)O)c2Cl)c(Cl)c1. The fraction of sp³-hybridized carbons (Fsp3) is 0.231. The maximum Gasteiger partial charge on any atom is 0.337 e. The smallest absolute Gasteiger partial charge is 0.337 e. The van der Waals surface area contributed by atoms with E-state index < -0.39 is 5.97 Å². The van der Waals surface area contributed by atoms with Gasteiger partial charge in [-0.05, 0) is 54.8 Å². The molecule has 0 unspecified atom stereocenters. The van der Waals surface area contributed by atoms with E-state index in [9.17, 15) is 9.90 Å². The van der Waals surface area contributed by atoms with Crippen LogP contribution in [0.5, 0.6) is 5.75 Å². The summed E-state index contributed by atoms with van der Waals surface area (Å²) >= 11 is 19.3. The molecule has 0 amide bonds. The van der Waals surface area contributed by atoms with Gasteiger partial charge in [-0.2, -0.15) is 0 Å². The van der Waals surface area contributed by atoms with E-state index in [1.807, 2.05) is 12.1 Å². The molecule has 0 saturated heterocycles. The standard InChI is InChI=1S/C26H23Cl3N2O3/c1-4-22-30-21-9-14(2)8-15(3)24(21)31(22)12-16-10-19(27)25(20(28)11-16)34-13-17-6-5-7-18(23(17)29)26(32)33/h5-11H,4,12-13H2,1-3H3,(H,32,33). The summed E-state index contributed by atoms with van der Waals surface area (Å²) in [5, 5.41) is 10.1. The Morgan fingerprint density at radius 2 is 1.79 bits per heavy atom. The van der Waals surface area contributed by atoms with Crippen LogP contribution in [0.1, 0.15) is 45.4 Å². The molecule has 5 nitrogen and oxygen atoms in total. The quantitative estimate of drug-likeness (QED) is 0.276. The Balaban J connectivity index is 1.62. The minimum Gasteiger partial charge on any atom is -0.486 e. The van der Waals surface area contributed by atoms with Crippen LogP contribution >= 0.6 is 34.8 Å². The number of hydrogen-bond acceptors (Lipinski definition) is 3. The van der Waals surface area contributed by atoms with Crippen LogP contribution in [0, 0.1) is 13.8 Å². The molecule has 0 fully saturated rings. The molecule has 0 radical (unpaired) electrons. The van der Waals surface area contributed by atoms with E-state index in [1.165, 1.54) is 17.2 Å². The van der Waals surface area contributed by atoms with Crippen molar-refractivity contribution in [2.45, 2.75) is 40.3 Å². The second-order valence-electron chi connectivity index (χ2n) is 8.18. The fourth-order valence-electron chi connectivity index (χ4n) is 4.17. The number of carboxylic acids is 1. The first-order chi connectivity index (χ1) is 16.2. The van der Waals surface area contributed by atoms with Crippen molar-refractivity contribution in [1.29, 1.82) is 0 Å². The van der Waals surface area contributed by atoms with E-state index >= 15 is 0 Å². The molecule has 0 aliphatic heterocycles. The topological polar surface area (TPSA) is 64.4 Å². The van der Waals surface area contributed by atoms with Crippen LogP contribution in [0.3, 0.4) is 0 Å². The van der Waals surface area contributed by atoms with Crippen LogP contribution in [0.4, 0.5) is 0 Å². The Hall–Kier alpha value is -2.73. The lowest BCUT2D eigenvalue weighted by Gasteiger charge is -2.15. The highest BCUT2D eigenvalue weighted by Gasteiger charge is 2.17. The van der Waals surface area contributed by atoms with Gasteiger partial charge in [0.05, 0.1) is 31.7 Å². The molecule has 0 aliphatic carbocycles. The number of aryl methyl sites for hydroxylation is 3. The summed E-state index contributed by atoms with van der Waals surface area (Å²) in [5.41, 5.74) is 5.89. The normalized spacial score (nSPS) is 11.2. The van der Waals surface area contributed by atoms with Crippen LogP contribution in [0.25, 0.3) is 11.0 Å². The Kier molecular flexibility index (Phi) is 7.08. The molecule has 4 aromatic rings. The van der Waals surface area contributed by atoms with Crippen molar-refractivity contribution in [1.82, 2.24) is 9.55 Å². The predicted octanol–water partition coefficient (Wildman–Crippen LogP) is 7.50. The Morgan fingerprint density at radius 1 is 1.09 bits per heavy atom. The lowest BCUT2D eigenvalue weighted by atomic mass is 10.1. The number of hydrogen-bond donors (Lipinski definition) is 1. The van der Waals surface area contributed by atoms with E-state index in [2.05, 4.69) is 37.5 Å². The van der Waals surface area contributed by atoms with Crippen molar-refractivity contribution in [3.05, 3.63) is 91.2 Å². The Morgan fingerprint density at radius 3 is 2.44 bits per heavy atom. The van der Waals surface area contributed by atoms with Gasteiger partial charge in [0.25, 0.3) is 0 Å². The van der Waals surface area contributed by atoms with Crippen molar-refractivity contribution >= 4 is 51.8 Å². The van der Waals surface area contributed by atoms with Crippen LogP contribution in [0.2, 0.25) is 15.1 Å². The molecule has 176 valence electrons. The number of imidazole rings is 1. The lowest BCUT2D eigenvalue weighted by molar-refractivity contribution is 0.0697. The maximum atomic E-state index is 11.3. The van der Waals surface area contributed by atoms with Gasteiger partial charge < -0.3 is 14.4 Å². The average Bonchev–Trinajstić information content (AvgIpc) is 3.11. The van der Waals surface area contributed by atoms with E-state index in [-0.39, 0.29) is 17.2 Å². The van der Waals surface area contributed by atoms with Crippen molar-refractivity contribution in [3.8, 4) is 5.75 Å². The molecule has 1 N–H and O–H groups in total. The van der Waals surface area contributed by atoms with E-state index in [0.29, 0.717) is 27.9 Å². The number of fused-ring (bicyclic) bond motifs is 1. The minimum atomic E-state index is -1.10. The van der Waals surface area contributed by atoms with Gasteiger partial charge in [-0.15, -0.1) is 0 Å². The van der Waals surface area contributed by atoms with Gasteiger partial charge in [0, 0.05) is 18.5 Å². The largest absolute Gasteiger partial charge is 0.486 e. The second kappa shape index (κ2) is 9.87. The summed E-state index contributed by atoms with van der Waals surface area (Å²) in [6.07, 6.45) is 0.798. The molecule has 0 saturated carbocycles. The third-order valence-corrected chi connectivity index (χ3v) is 6.66. The zero-order valence-electron chi connectivity index (χ0n) is 19.0. The molecule has 0 spiro atoms. The van der Waals surface area contributed by atoms with Gasteiger partial charge in [0.2, 0.25) is 0 Å². The van der Waals surface area contributed by atoms with Gasteiger partial charge in [0.15, 0.2) is 5.75 Å². The minimum absolute atomic E-state index is 0.0140. The van der Waals surface area contributed by atoms with E-state index in [4.69, 9.17) is 44.5 Å². The highest BCUT2D eigenvalue weighted by molar-refractivity contribution is 6.37. The first-order valence-electron chi connectivity index (χ1n) is 10.8. The zero-order chi connectivity index (χ0) is 24.6. The van der Waals surface area contributed by atoms with Crippen molar-refractivity contribution in [2.75, 3.05) is 0 Å². The molecule has 3 aromatic carbocycles. The number of carboxylic acid groups (broad SMARTS) is 1. The second-order valence-corrected chi connectivity index (χ2v) is 9.37. The number of benzene rings is 3. The summed E-state index contributed by atoms with van der Waals surface area (Å²) in [5.74, 6) is 0.210. The van der Waals surface area contributed by atoms with Gasteiger partial charge in [-0.1, -0.05) is 59.9 Å². The number of nitrogens with zero attached hydrogens (tertiary/aromatic N) is 2. The van der Waals surface area contributed by atoms with Gasteiger partial charge in [0.1, 0.15) is 12.4 Å². The molecular formula is C26H23Cl3N2O3. The van der Waals surface area contributed by atoms with Crippen molar-refractivity contribution < 1.29 is 14.6 Å². The number of halogens is 3. The van der Waals surface area contributed by atoms with Gasteiger partial charge in [-0.3, -0.25) is 0 Å². The number of carbonyl (C=O) groups is 1. The van der Waals surface area contributed by atoms with Crippen LogP contribution in [-0.4, -0.2) is 20.6 Å². The summed E-state index contributed by atoms with van der Waals surface area (Å²) in [6.45, 7) is 6.84. The Labute approximate surface area is 212 Å². The first kappa shape index (κ1) is 24.4. The van der Waals surface area contributed by atoms with Crippen LogP contribution in [0.15, 0.2) is 42.5 Å². The summed E-state index contributed by atoms with van der Waals surface area (Å²) in [6, 6.07) is 12.7. The molecule has 4 rings (SSSR count). The molecule has 0 aliphatic rings. The van der Waals surface area contributed by atoms with E-state index in [1.54, 1.807) is 12.1 Å². The molecule has 1 aromatic heterocycles. The number of rotatable bonds is 7. The predicted molar refractivity (Wildman–Crippen MR) is 137 cm³/mol. The van der Waals surface area contributed by atoms with Crippen molar-refractivity contribution in [3.63, 3.8) is 0 Å².